The van der Waals surface area contributed by atoms with E-state index in [2.05, 4.69) is 31.7 Å². The van der Waals surface area contributed by atoms with Gasteiger partial charge in [-0.15, -0.1) is 12.4 Å². The van der Waals surface area contributed by atoms with Crippen molar-refractivity contribution in [3.05, 3.63) is 28.8 Å². The Kier molecular flexibility index (Phi) is 18.4. The third kappa shape index (κ3) is 15.9. The number of amides is 4. The van der Waals surface area contributed by atoms with Crippen LogP contribution >= 0.6 is 24.2 Å². The first kappa shape index (κ1) is 37.8. The maximum Gasteiger partial charge on any atom is 0.305 e. The number of benzene rings is 1. The highest BCUT2D eigenvalue weighted by molar-refractivity contribution is 7.98. The molecule has 7 N–H and O–H groups in total. The largest absolute Gasteiger partial charge is 0.508 e. The fourth-order valence-electron chi connectivity index (χ4n) is 5.65. The number of aromatic hydroxyl groups is 1. The molecule has 48 heavy (non-hydrogen) atoms. The number of ether oxygens (including phenoxy) is 1. The molecule has 3 atom stereocenters. The van der Waals surface area contributed by atoms with Crippen LogP contribution in [-0.4, -0.2) is 85.0 Å². The van der Waals surface area contributed by atoms with Crippen molar-refractivity contribution in [1.29, 1.82) is 0 Å². The first-order valence-electron chi connectivity index (χ1n) is 18.3. The second-order valence-electron chi connectivity index (χ2n) is 12.1. The van der Waals surface area contributed by atoms with Crippen LogP contribution < -0.4 is 27.0 Å². The number of nitrogens with two attached hydrogens (primary N) is 1. The first-order valence-corrected chi connectivity index (χ1v) is 17.8. The number of aryl methyl sites for hydroxylation is 2. The van der Waals surface area contributed by atoms with E-state index in [0.717, 1.165) is 38.5 Å². The number of unbranched alkanes of at least 4 members (excludes halogenated alkanes) is 2. The van der Waals surface area contributed by atoms with E-state index < -0.39 is 42.4 Å². The topological polar surface area (TPSA) is 189 Å². The van der Waals surface area contributed by atoms with Crippen LogP contribution in [0.3, 0.4) is 0 Å². The van der Waals surface area contributed by atoms with Gasteiger partial charge in [-0.25, -0.2) is 0 Å². The van der Waals surface area contributed by atoms with Gasteiger partial charge in [-0.05, 0) is 92.7 Å². The van der Waals surface area contributed by atoms with Gasteiger partial charge in [-0.1, -0.05) is 38.5 Å². The van der Waals surface area contributed by atoms with Gasteiger partial charge in [-0.3, -0.25) is 24.0 Å². The molecule has 0 unspecified atom stereocenters. The molecule has 14 heteroatoms. The molecule has 0 spiro atoms. The van der Waals surface area contributed by atoms with Crippen LogP contribution in [0.1, 0.15) is 90.1 Å². The lowest BCUT2D eigenvalue weighted by atomic mass is 9.84. The molecule has 1 fully saturated rings. The van der Waals surface area contributed by atoms with Crippen molar-refractivity contribution >= 4 is 53.8 Å². The average molecular weight is 717 g/mol. The number of rotatable bonds is 21. The van der Waals surface area contributed by atoms with Crippen LogP contribution in [0.2, 0.25) is 1.41 Å². The van der Waals surface area contributed by atoms with Crippen LogP contribution in [0.4, 0.5) is 0 Å². The standard InChI is InChI=1S/C34H55N5O7S.ClH/c1-22-17-25(40)18-23(2)26(22)20-27(35)32(43)39-28(14-16-47-4)33(44)37-21-30(41)38-29(19-24-11-7-5-8-12-24)34(45)36-15-10-6-9-13-31(42)46-3;/h17-18,24,27-29,40H,5-16,19-21,35H2,1-4H3,(H,36,45)(H,37,44)(H,38,41)(H,39,43);1H/t27-,28-,29-;/m0./s1/i1D,2D;/hD. The van der Waals surface area contributed by atoms with Crippen molar-refractivity contribution < 1.29 is 38.0 Å². The predicted octanol–water partition coefficient (Wildman–Crippen LogP) is 2.96. The molecule has 0 bridgehead atoms. The second kappa shape index (κ2) is 23.3. The van der Waals surface area contributed by atoms with Gasteiger partial charge in [0.25, 0.3) is 0 Å². The summed E-state index contributed by atoms with van der Waals surface area (Å²) < 4.78 is 28.1. The molecule has 0 aromatic heterocycles. The van der Waals surface area contributed by atoms with E-state index in [9.17, 15) is 29.1 Å². The Morgan fingerprint density at radius 3 is 2.31 bits per heavy atom. The smallest absolute Gasteiger partial charge is 0.305 e. The number of thioether (sulfide) groups is 1. The number of halogens is 1. The van der Waals surface area contributed by atoms with E-state index >= 15 is 0 Å². The Morgan fingerprint density at radius 1 is 1.00 bits per heavy atom. The molecule has 12 nitrogen and oxygen atoms in total. The molecule has 0 aliphatic heterocycles. The van der Waals surface area contributed by atoms with Crippen molar-refractivity contribution in [3.8, 4) is 5.75 Å². The van der Waals surface area contributed by atoms with E-state index in [-0.39, 0.29) is 56.7 Å². The van der Waals surface area contributed by atoms with Gasteiger partial charge in [0.2, 0.25) is 23.6 Å². The lowest BCUT2D eigenvalue weighted by Gasteiger charge is -2.27. The molecular formula is C34H56ClN5O7S. The minimum atomic E-state index is -1.12. The summed E-state index contributed by atoms with van der Waals surface area (Å²) in [6, 6.07) is -0.0884. The fourth-order valence-corrected chi connectivity index (χ4v) is 6.12. The third-order valence-corrected chi connectivity index (χ3v) is 8.99. The van der Waals surface area contributed by atoms with Crippen molar-refractivity contribution in [2.24, 2.45) is 11.6 Å². The number of nitrogens with one attached hydrogen (secondary N) is 4. The van der Waals surface area contributed by atoms with Crippen LogP contribution in [0.15, 0.2) is 12.1 Å². The van der Waals surface area contributed by atoms with Gasteiger partial charge in [0.05, 0.1) is 19.7 Å². The molecule has 1 aliphatic carbocycles. The predicted molar refractivity (Wildman–Crippen MR) is 191 cm³/mol. The van der Waals surface area contributed by atoms with Gasteiger partial charge in [0.1, 0.15) is 19.2 Å². The van der Waals surface area contributed by atoms with Crippen molar-refractivity contribution in [2.75, 3.05) is 32.2 Å². The van der Waals surface area contributed by atoms with Crippen LogP contribution in [0, 0.1) is 19.7 Å². The highest BCUT2D eigenvalue weighted by atomic mass is 35.5. The fraction of sp³-hybridized carbons (Fsp3) is 0.676. The summed E-state index contributed by atoms with van der Waals surface area (Å²) in [7, 11) is 1.35. The highest BCUT2D eigenvalue weighted by Crippen LogP contribution is 2.27. The third-order valence-electron chi connectivity index (χ3n) is 8.34. The molecule has 2 rings (SSSR count). The van der Waals surface area contributed by atoms with E-state index in [1.807, 2.05) is 6.26 Å². The Balaban J connectivity index is 0.0000130. The number of carbonyl (C=O) groups excluding carboxylic acids is 5. The highest BCUT2D eigenvalue weighted by Gasteiger charge is 2.28. The number of hydrogen-bond acceptors (Lipinski definition) is 9. The Morgan fingerprint density at radius 2 is 1.69 bits per heavy atom. The molecule has 1 aromatic carbocycles. The number of methoxy groups -OCH3 is 1. The average Bonchev–Trinajstić information content (AvgIpc) is 3.12. The maximum absolute atomic E-state index is 13.3. The maximum atomic E-state index is 13.3. The number of hydrogen-bond donors (Lipinski definition) is 6. The van der Waals surface area contributed by atoms with Gasteiger partial charge < -0.3 is 36.8 Å². The lowest BCUT2D eigenvalue weighted by molar-refractivity contribution is -0.140. The molecule has 1 saturated carbocycles. The summed E-state index contributed by atoms with van der Waals surface area (Å²) in [5.74, 6) is -1.58. The van der Waals surface area contributed by atoms with Crippen molar-refractivity contribution in [2.45, 2.75) is 109 Å². The molecular weight excluding hydrogens is 658 g/mol. The summed E-state index contributed by atoms with van der Waals surface area (Å²) in [5.41, 5.74) is 3.60. The molecule has 272 valence electrons. The zero-order valence-electron chi connectivity index (χ0n) is 31.2. The molecule has 1 aliphatic rings. The van der Waals surface area contributed by atoms with E-state index in [4.69, 9.17) is 4.15 Å². The molecule has 0 heterocycles. The van der Waals surface area contributed by atoms with Gasteiger partial charge in [0, 0.05) is 15.7 Å². The zero-order chi connectivity index (χ0) is 36.9. The second-order valence-corrected chi connectivity index (χ2v) is 13.1. The summed E-state index contributed by atoms with van der Waals surface area (Å²) in [5, 5.41) is 20.9. The molecule has 0 radical (unpaired) electrons. The first-order chi connectivity index (χ1) is 24.1. The summed E-state index contributed by atoms with van der Waals surface area (Å²) >= 11 is 1.47. The Bertz CT molecular complexity index is 1240. The summed E-state index contributed by atoms with van der Waals surface area (Å²) in [6.45, 7) is -0.378. The van der Waals surface area contributed by atoms with E-state index in [1.165, 1.54) is 31.0 Å². The van der Waals surface area contributed by atoms with Crippen molar-refractivity contribution in [1.82, 2.24) is 21.3 Å². The minimum Gasteiger partial charge on any atom is -0.508 e. The number of phenols is 1. The van der Waals surface area contributed by atoms with E-state index in [0.29, 0.717) is 60.6 Å². The Hall–Kier alpha value is -3.03. The van der Waals surface area contributed by atoms with Crippen molar-refractivity contribution in [3.63, 3.8) is 0 Å². The summed E-state index contributed by atoms with van der Waals surface area (Å²) in [6.07, 6.45) is 10.2. The molecule has 0 saturated heterocycles. The lowest BCUT2D eigenvalue weighted by Crippen LogP contribution is -2.54. The number of esters is 1. The summed E-state index contributed by atoms with van der Waals surface area (Å²) in [4.78, 5) is 64.1. The number of phenolic OH excluding ortho intramolecular Hbond substituents is 1. The molecule has 4 amide bonds. The van der Waals surface area contributed by atoms with Gasteiger partial charge >= 0.3 is 5.97 Å². The minimum absolute atomic E-state index is 0. The van der Waals surface area contributed by atoms with Crippen LogP contribution in [-0.2, 0) is 35.1 Å². The Labute approximate surface area is 299 Å². The SMILES string of the molecule is Cl.[2H]Cc1cc(O)cc(C[2H])c1C[C@H](N[2H])C(=O)N[C@@H](CCSC)C(=O)NCC(=O)N[C@@H](CC1CCCCC1)C(=O)NCCCCCC(=O)OC. The van der Waals surface area contributed by atoms with Gasteiger partial charge in [0.15, 0.2) is 0 Å². The van der Waals surface area contributed by atoms with Crippen LogP contribution in [0.5, 0.6) is 5.75 Å². The van der Waals surface area contributed by atoms with Gasteiger partial charge in [-0.2, -0.15) is 11.8 Å². The number of carbonyl (C=O) groups is 5. The van der Waals surface area contributed by atoms with E-state index in [1.54, 1.807) is 0 Å². The zero-order valence-corrected chi connectivity index (χ0v) is 29.8. The normalized spacial score (nSPS) is 15.7. The molecule has 1 aromatic rings. The quantitative estimate of drug-likeness (QED) is 0.0821. The van der Waals surface area contributed by atoms with Crippen LogP contribution in [0.25, 0.3) is 0 Å². The monoisotopic (exact) mass is 716 g/mol.